The number of amides is 4. The molecule has 2 N–H and O–H groups in total. The summed E-state index contributed by atoms with van der Waals surface area (Å²) in [5.41, 5.74) is 6.23. The van der Waals surface area contributed by atoms with Crippen LogP contribution in [0.2, 0.25) is 0 Å². The number of hydrazine groups is 1. The van der Waals surface area contributed by atoms with E-state index in [2.05, 4.69) is 0 Å². The van der Waals surface area contributed by atoms with Crippen LogP contribution in [0.25, 0.3) is 0 Å². The van der Waals surface area contributed by atoms with Crippen molar-refractivity contribution < 1.29 is 19.2 Å². The fraction of sp³-hybridized carbons (Fsp3) is 0.375. The van der Waals surface area contributed by atoms with Gasteiger partial charge in [-0.05, 0) is 5.56 Å². The van der Waals surface area contributed by atoms with Crippen LogP contribution in [0.1, 0.15) is 18.9 Å². The number of imide groups is 1. The molecule has 8 nitrogen and oxygen atoms in total. The number of rotatable bonds is 5. The van der Waals surface area contributed by atoms with E-state index >= 15 is 0 Å². The molecule has 1 aromatic rings. The van der Waals surface area contributed by atoms with E-state index in [1.165, 1.54) is 11.8 Å². The molecule has 1 saturated heterocycles. The Bertz CT molecular complexity index is 647. The lowest BCUT2D eigenvalue weighted by Crippen LogP contribution is -2.61. The Hall–Kier alpha value is -2.74. The minimum Gasteiger partial charge on any atom is -0.330 e. The first-order valence-electron chi connectivity index (χ1n) is 7.59. The third kappa shape index (κ3) is 3.96. The summed E-state index contributed by atoms with van der Waals surface area (Å²) in [5, 5.41) is 1.62. The van der Waals surface area contributed by atoms with Crippen LogP contribution in [-0.4, -0.2) is 58.2 Å². The molecule has 1 heterocycles. The molecule has 0 aliphatic carbocycles. The van der Waals surface area contributed by atoms with Crippen LogP contribution < -0.4 is 5.73 Å². The zero-order valence-electron chi connectivity index (χ0n) is 13.5. The molecule has 0 bridgehead atoms. The molecule has 0 radical (unpaired) electrons. The quantitative estimate of drug-likeness (QED) is 0.782. The summed E-state index contributed by atoms with van der Waals surface area (Å²) >= 11 is 0. The molecule has 2 rings (SSSR count). The molecule has 8 heteroatoms. The van der Waals surface area contributed by atoms with E-state index in [0.29, 0.717) is 11.6 Å². The van der Waals surface area contributed by atoms with Gasteiger partial charge in [-0.15, -0.1) is 0 Å². The summed E-state index contributed by atoms with van der Waals surface area (Å²) in [6, 6.07) is 9.28. The molecule has 0 spiro atoms. The molecular weight excluding hydrogens is 312 g/mol. The van der Waals surface area contributed by atoms with Gasteiger partial charge in [0.25, 0.3) is 5.91 Å². The van der Waals surface area contributed by atoms with E-state index in [-0.39, 0.29) is 32.0 Å². The van der Waals surface area contributed by atoms with Crippen molar-refractivity contribution in [1.29, 1.82) is 0 Å². The number of hydrogen-bond donors (Lipinski definition) is 1. The van der Waals surface area contributed by atoms with Gasteiger partial charge in [0.2, 0.25) is 17.7 Å². The summed E-state index contributed by atoms with van der Waals surface area (Å²) in [6.45, 7) is 0.992. The van der Waals surface area contributed by atoms with Gasteiger partial charge in [0, 0.05) is 26.4 Å². The second-order valence-corrected chi connectivity index (χ2v) is 5.45. The number of carbonyl (C=O) groups excluding carboxylic acids is 4. The Kier molecular flexibility index (Phi) is 5.64. The molecular formula is C16H20N4O4. The van der Waals surface area contributed by atoms with Gasteiger partial charge in [0.15, 0.2) is 0 Å². The molecule has 128 valence electrons. The van der Waals surface area contributed by atoms with E-state index in [1.807, 2.05) is 30.3 Å². The molecule has 0 saturated carbocycles. The Morgan fingerprint density at radius 3 is 2.38 bits per heavy atom. The first-order valence-corrected chi connectivity index (χ1v) is 7.59. The Balaban J connectivity index is 2.11. The van der Waals surface area contributed by atoms with E-state index < -0.39 is 17.7 Å². The van der Waals surface area contributed by atoms with Crippen LogP contribution in [0.15, 0.2) is 30.3 Å². The van der Waals surface area contributed by atoms with Crippen molar-refractivity contribution in [3.8, 4) is 0 Å². The van der Waals surface area contributed by atoms with Crippen molar-refractivity contribution in [2.24, 2.45) is 5.73 Å². The maximum absolute atomic E-state index is 12.3. The van der Waals surface area contributed by atoms with E-state index in [0.717, 1.165) is 10.6 Å². The largest absolute Gasteiger partial charge is 0.330 e. The first kappa shape index (κ1) is 17.6. The van der Waals surface area contributed by atoms with Crippen molar-refractivity contribution in [3.63, 3.8) is 0 Å². The lowest BCUT2D eigenvalue weighted by Gasteiger charge is -2.38. The van der Waals surface area contributed by atoms with E-state index in [1.54, 1.807) is 0 Å². The van der Waals surface area contributed by atoms with Crippen LogP contribution in [0, 0.1) is 0 Å². The second kappa shape index (κ2) is 7.69. The predicted molar refractivity (Wildman–Crippen MR) is 84.8 cm³/mol. The standard InChI is InChI=1S/C16H20N4O4/c1-12(21)20(14(22)7-8-17)19-11-15(23)18(10-16(19)24)9-13-5-3-2-4-6-13/h2-6H,7-11,17H2,1H3. The normalized spacial score (nSPS) is 14.8. The summed E-state index contributed by atoms with van der Waals surface area (Å²) < 4.78 is 0. The predicted octanol–water partition coefficient (Wildman–Crippen LogP) is -0.504. The molecule has 0 atom stereocenters. The van der Waals surface area contributed by atoms with E-state index in [9.17, 15) is 19.2 Å². The van der Waals surface area contributed by atoms with Crippen LogP contribution in [0.5, 0.6) is 0 Å². The minimum atomic E-state index is -0.619. The number of carbonyl (C=O) groups is 4. The average Bonchev–Trinajstić information content (AvgIpc) is 2.53. The van der Waals surface area contributed by atoms with Crippen LogP contribution >= 0.6 is 0 Å². The lowest BCUT2D eigenvalue weighted by molar-refractivity contribution is -0.179. The maximum Gasteiger partial charge on any atom is 0.261 e. The second-order valence-electron chi connectivity index (χ2n) is 5.45. The third-order valence-corrected chi connectivity index (χ3v) is 3.60. The summed E-state index contributed by atoms with van der Waals surface area (Å²) in [7, 11) is 0. The summed E-state index contributed by atoms with van der Waals surface area (Å²) in [5.74, 6) is -2.02. The van der Waals surface area contributed by atoms with Gasteiger partial charge in [-0.25, -0.2) is 5.01 Å². The monoisotopic (exact) mass is 332 g/mol. The van der Waals surface area contributed by atoms with Crippen molar-refractivity contribution >= 4 is 23.6 Å². The first-order chi connectivity index (χ1) is 11.4. The van der Waals surface area contributed by atoms with Gasteiger partial charge in [-0.3, -0.25) is 19.2 Å². The van der Waals surface area contributed by atoms with Crippen LogP contribution in [-0.2, 0) is 25.7 Å². The highest BCUT2D eigenvalue weighted by Gasteiger charge is 2.37. The molecule has 1 aromatic carbocycles. The highest BCUT2D eigenvalue weighted by atomic mass is 16.2. The number of nitrogens with two attached hydrogens (primary N) is 1. The van der Waals surface area contributed by atoms with Crippen molar-refractivity contribution in [2.45, 2.75) is 19.9 Å². The zero-order chi connectivity index (χ0) is 17.7. The van der Waals surface area contributed by atoms with Gasteiger partial charge in [-0.2, -0.15) is 5.01 Å². The van der Waals surface area contributed by atoms with Gasteiger partial charge >= 0.3 is 0 Å². The van der Waals surface area contributed by atoms with Gasteiger partial charge in [0.05, 0.1) is 0 Å². The maximum atomic E-state index is 12.3. The van der Waals surface area contributed by atoms with Crippen LogP contribution in [0.4, 0.5) is 0 Å². The number of benzene rings is 1. The van der Waals surface area contributed by atoms with Gasteiger partial charge < -0.3 is 10.6 Å². The molecule has 1 aliphatic heterocycles. The third-order valence-electron chi connectivity index (χ3n) is 3.60. The van der Waals surface area contributed by atoms with Crippen LogP contribution in [0.3, 0.4) is 0 Å². The molecule has 4 amide bonds. The molecule has 0 aromatic heterocycles. The number of piperazine rings is 1. The molecule has 24 heavy (non-hydrogen) atoms. The SMILES string of the molecule is CC(=O)N(C(=O)CCN)N1CC(=O)N(Cc2ccccc2)CC1=O. The molecule has 0 unspecified atom stereocenters. The Labute approximate surface area is 139 Å². The smallest absolute Gasteiger partial charge is 0.261 e. The molecule has 1 fully saturated rings. The highest BCUT2D eigenvalue weighted by molar-refractivity contribution is 5.99. The topological polar surface area (TPSA) is 104 Å². The zero-order valence-corrected chi connectivity index (χ0v) is 13.5. The summed E-state index contributed by atoms with van der Waals surface area (Å²) in [4.78, 5) is 49.8. The Morgan fingerprint density at radius 2 is 1.79 bits per heavy atom. The van der Waals surface area contributed by atoms with Crippen molar-refractivity contribution in [1.82, 2.24) is 14.9 Å². The van der Waals surface area contributed by atoms with Crippen molar-refractivity contribution in [2.75, 3.05) is 19.6 Å². The highest BCUT2D eigenvalue weighted by Crippen LogP contribution is 2.13. The van der Waals surface area contributed by atoms with E-state index in [4.69, 9.17) is 5.73 Å². The van der Waals surface area contributed by atoms with Crippen molar-refractivity contribution in [3.05, 3.63) is 35.9 Å². The summed E-state index contributed by atoms with van der Waals surface area (Å²) in [6.07, 6.45) is -0.0781. The minimum absolute atomic E-state index is 0.0543. The average molecular weight is 332 g/mol. The number of nitrogens with zero attached hydrogens (tertiary/aromatic N) is 3. The van der Waals surface area contributed by atoms with Gasteiger partial charge in [0.1, 0.15) is 13.1 Å². The lowest BCUT2D eigenvalue weighted by atomic mass is 10.2. The fourth-order valence-electron chi connectivity index (χ4n) is 2.49. The number of hydrogen-bond acceptors (Lipinski definition) is 5. The van der Waals surface area contributed by atoms with Gasteiger partial charge in [-0.1, -0.05) is 30.3 Å². The Morgan fingerprint density at radius 1 is 1.12 bits per heavy atom. The molecule has 1 aliphatic rings. The fourth-order valence-corrected chi connectivity index (χ4v) is 2.49.